The standard InChI is InChI=1S/C32H56O4Si2/c1-21-15-17-23-28(34)27-22(20-35-37(11,12)29(2,3)4)16-18-25(36-38(13,14)30(5,6)7)32(27,10)19-24(33)26(21)31(23,8)9/h15-16,23,25-27H,17-20H2,1-14H3/t23-,25-,26+,27-,32+/m0/s1. The predicted octanol–water partition coefficient (Wildman–Crippen LogP) is 8.50. The van der Waals surface area contributed by atoms with Crippen molar-refractivity contribution in [2.24, 2.45) is 28.6 Å². The van der Waals surface area contributed by atoms with Crippen molar-refractivity contribution in [2.75, 3.05) is 6.61 Å². The van der Waals surface area contributed by atoms with Crippen molar-refractivity contribution in [2.45, 2.75) is 131 Å². The summed E-state index contributed by atoms with van der Waals surface area (Å²) in [7, 11) is -4.17. The topological polar surface area (TPSA) is 52.6 Å². The van der Waals surface area contributed by atoms with Crippen molar-refractivity contribution in [1.82, 2.24) is 0 Å². The first kappa shape index (κ1) is 31.7. The molecule has 1 fully saturated rings. The quantitative estimate of drug-likeness (QED) is 0.250. The molecule has 4 nitrogen and oxygen atoms in total. The average Bonchev–Trinajstić information content (AvgIpc) is 2.70. The molecule has 0 aliphatic heterocycles. The molecule has 6 heteroatoms. The summed E-state index contributed by atoms with van der Waals surface area (Å²) in [5, 5.41) is 0.128. The second kappa shape index (κ2) is 9.92. The van der Waals surface area contributed by atoms with Crippen LogP contribution in [0, 0.1) is 28.6 Å². The molecular weight excluding hydrogens is 505 g/mol. The van der Waals surface area contributed by atoms with Gasteiger partial charge in [0.25, 0.3) is 0 Å². The van der Waals surface area contributed by atoms with Gasteiger partial charge in [0, 0.05) is 29.6 Å². The van der Waals surface area contributed by atoms with Crippen LogP contribution in [-0.2, 0) is 18.4 Å². The molecule has 5 atom stereocenters. The van der Waals surface area contributed by atoms with Crippen molar-refractivity contribution >= 4 is 28.2 Å². The summed E-state index contributed by atoms with van der Waals surface area (Å²) in [4.78, 5) is 28.9. The van der Waals surface area contributed by atoms with Crippen molar-refractivity contribution < 1.29 is 18.4 Å². The lowest BCUT2D eigenvalue weighted by atomic mass is 9.50. The fraction of sp³-hybridized carbons (Fsp3) is 0.812. The van der Waals surface area contributed by atoms with Crippen LogP contribution in [0.4, 0.5) is 0 Å². The van der Waals surface area contributed by atoms with E-state index in [1.165, 1.54) is 0 Å². The van der Waals surface area contributed by atoms with Crippen LogP contribution in [0.5, 0.6) is 0 Å². The number of rotatable bonds is 5. The molecule has 0 amide bonds. The molecule has 0 radical (unpaired) electrons. The van der Waals surface area contributed by atoms with E-state index in [1.54, 1.807) is 0 Å². The lowest BCUT2D eigenvalue weighted by molar-refractivity contribution is -0.149. The predicted molar refractivity (Wildman–Crippen MR) is 163 cm³/mol. The number of carbonyl (C=O) groups is 2. The van der Waals surface area contributed by atoms with Crippen molar-refractivity contribution in [3.63, 3.8) is 0 Å². The third kappa shape index (κ3) is 5.41. The second-order valence-electron chi connectivity index (χ2n) is 16.4. The fourth-order valence-corrected chi connectivity index (χ4v) is 9.05. The van der Waals surface area contributed by atoms with Crippen LogP contribution >= 0.6 is 0 Å². The van der Waals surface area contributed by atoms with Crippen LogP contribution in [0.15, 0.2) is 23.3 Å². The summed E-state index contributed by atoms with van der Waals surface area (Å²) >= 11 is 0. The highest BCUT2D eigenvalue weighted by molar-refractivity contribution is 6.74. The molecule has 216 valence electrons. The highest BCUT2D eigenvalue weighted by Crippen LogP contribution is 2.57. The minimum absolute atomic E-state index is 0.0434. The third-order valence-corrected chi connectivity index (χ3v) is 20.3. The Kier molecular flexibility index (Phi) is 8.27. The Labute approximate surface area is 235 Å². The SMILES string of the molecule is CC1=CC[C@H]2C(=O)[C@@H]3C(CO[Si](C)(C)C(C)(C)C)=CC[C@H](O[Si](C)(C)C(C)(C)C)[C@@]3(C)CC(=O)[C@@H]1C2(C)C. The first-order valence-corrected chi connectivity index (χ1v) is 20.5. The number of fused-ring (bicyclic) bond motifs is 3. The van der Waals surface area contributed by atoms with Crippen LogP contribution in [0.25, 0.3) is 0 Å². The van der Waals surface area contributed by atoms with Crippen LogP contribution in [0.3, 0.4) is 0 Å². The molecule has 3 aliphatic rings. The van der Waals surface area contributed by atoms with Gasteiger partial charge in [0.2, 0.25) is 0 Å². The largest absolute Gasteiger partial charge is 0.413 e. The molecule has 0 spiro atoms. The zero-order chi connectivity index (χ0) is 29.3. The average molecular weight is 561 g/mol. The van der Waals surface area contributed by atoms with Gasteiger partial charge in [0.05, 0.1) is 12.7 Å². The fourth-order valence-electron chi connectivity index (χ4n) is 6.66. The summed E-state index contributed by atoms with van der Waals surface area (Å²) in [6.07, 6.45) is 6.04. The summed E-state index contributed by atoms with van der Waals surface area (Å²) < 4.78 is 13.8. The monoisotopic (exact) mass is 560 g/mol. The van der Waals surface area contributed by atoms with Gasteiger partial charge in [-0.1, -0.05) is 80.0 Å². The molecule has 3 rings (SSSR count). The Hall–Kier alpha value is -0.826. The summed E-state index contributed by atoms with van der Waals surface area (Å²) in [5.41, 5.74) is 1.22. The van der Waals surface area contributed by atoms with Gasteiger partial charge >= 0.3 is 0 Å². The smallest absolute Gasteiger partial charge is 0.192 e. The molecule has 1 saturated carbocycles. The van der Waals surface area contributed by atoms with Gasteiger partial charge in [-0.25, -0.2) is 0 Å². The summed E-state index contributed by atoms with van der Waals surface area (Å²) in [6, 6.07) is 0. The maximum atomic E-state index is 14.7. The van der Waals surface area contributed by atoms with E-state index in [0.717, 1.165) is 17.6 Å². The Morgan fingerprint density at radius 2 is 1.42 bits per heavy atom. The lowest BCUT2D eigenvalue weighted by Crippen LogP contribution is -2.59. The zero-order valence-electron chi connectivity index (χ0n) is 26.9. The van der Waals surface area contributed by atoms with E-state index in [4.69, 9.17) is 8.85 Å². The zero-order valence-corrected chi connectivity index (χ0v) is 28.9. The van der Waals surface area contributed by atoms with Gasteiger partial charge in [0.15, 0.2) is 16.6 Å². The Bertz CT molecular complexity index is 1020. The van der Waals surface area contributed by atoms with Gasteiger partial charge < -0.3 is 8.85 Å². The van der Waals surface area contributed by atoms with Gasteiger partial charge in [-0.15, -0.1) is 0 Å². The van der Waals surface area contributed by atoms with Crippen LogP contribution in [0.1, 0.15) is 88.5 Å². The summed E-state index contributed by atoms with van der Waals surface area (Å²) in [6.45, 7) is 31.6. The molecule has 0 unspecified atom stereocenters. The van der Waals surface area contributed by atoms with Gasteiger partial charge in [-0.05, 0) is 67.0 Å². The molecule has 0 aromatic rings. The number of carbonyl (C=O) groups excluding carboxylic acids is 2. The third-order valence-electron chi connectivity index (χ3n) is 11.3. The van der Waals surface area contributed by atoms with Crippen LogP contribution < -0.4 is 0 Å². The number of ketones is 2. The van der Waals surface area contributed by atoms with Crippen molar-refractivity contribution in [3.8, 4) is 0 Å². The molecule has 0 saturated heterocycles. The van der Waals surface area contributed by atoms with Gasteiger partial charge in [0.1, 0.15) is 11.6 Å². The van der Waals surface area contributed by atoms with Crippen LogP contribution in [-0.4, -0.2) is 40.9 Å². The molecule has 38 heavy (non-hydrogen) atoms. The maximum Gasteiger partial charge on any atom is 0.192 e. The maximum absolute atomic E-state index is 14.7. The van der Waals surface area contributed by atoms with Crippen molar-refractivity contribution in [3.05, 3.63) is 23.3 Å². The first-order valence-electron chi connectivity index (χ1n) is 14.7. The molecule has 2 bridgehead atoms. The molecule has 0 heterocycles. The first-order chi connectivity index (χ1) is 17.0. The van der Waals surface area contributed by atoms with E-state index in [2.05, 4.69) is 108 Å². The molecule has 0 aromatic heterocycles. The Morgan fingerprint density at radius 1 is 0.868 bits per heavy atom. The molecule has 3 aliphatic carbocycles. The van der Waals surface area contributed by atoms with Gasteiger partial charge in [-0.2, -0.15) is 0 Å². The summed E-state index contributed by atoms with van der Waals surface area (Å²) in [5.74, 6) is -0.213. The number of Topliss-reactive ketones (excluding diaryl/α,β-unsaturated/α-hetero) is 2. The number of hydrogen-bond donors (Lipinski definition) is 0. The molecule has 0 aromatic carbocycles. The van der Waals surface area contributed by atoms with E-state index in [1.807, 2.05) is 0 Å². The van der Waals surface area contributed by atoms with E-state index in [-0.39, 0.29) is 45.5 Å². The minimum atomic E-state index is -2.14. The lowest BCUT2D eigenvalue weighted by Gasteiger charge is -2.55. The number of hydrogen-bond acceptors (Lipinski definition) is 4. The second-order valence-corrected chi connectivity index (χ2v) is 26.0. The number of allylic oxidation sites excluding steroid dienone is 2. The normalized spacial score (nSPS) is 32.7. The van der Waals surface area contributed by atoms with E-state index >= 15 is 0 Å². The van der Waals surface area contributed by atoms with Crippen molar-refractivity contribution in [1.29, 1.82) is 0 Å². The van der Waals surface area contributed by atoms with Gasteiger partial charge in [-0.3, -0.25) is 9.59 Å². The Morgan fingerprint density at radius 3 is 1.95 bits per heavy atom. The highest BCUT2D eigenvalue weighted by atomic mass is 28.4. The highest BCUT2D eigenvalue weighted by Gasteiger charge is 2.60. The van der Waals surface area contributed by atoms with E-state index in [0.29, 0.717) is 19.4 Å². The minimum Gasteiger partial charge on any atom is -0.413 e. The molecular formula is C32H56O4Si2. The van der Waals surface area contributed by atoms with E-state index < -0.39 is 27.5 Å². The Balaban J connectivity index is 2.14. The molecule has 0 N–H and O–H groups in total. The van der Waals surface area contributed by atoms with E-state index in [9.17, 15) is 9.59 Å². The van der Waals surface area contributed by atoms with Crippen LogP contribution in [0.2, 0.25) is 36.3 Å².